The molecule has 1 aliphatic heterocycles. The molecule has 0 amide bonds. The second kappa shape index (κ2) is 5.84. The predicted molar refractivity (Wildman–Crippen MR) is 67.1 cm³/mol. The summed E-state index contributed by atoms with van der Waals surface area (Å²) in [5.41, 5.74) is 6.31. The van der Waals surface area contributed by atoms with E-state index in [0.717, 1.165) is 25.5 Å². The second-order valence-electron chi connectivity index (χ2n) is 4.05. The molecule has 1 aromatic rings. The van der Waals surface area contributed by atoms with Gasteiger partial charge in [-0.1, -0.05) is 0 Å². The van der Waals surface area contributed by atoms with Crippen molar-refractivity contribution in [3.63, 3.8) is 0 Å². The lowest BCUT2D eigenvalue weighted by atomic mass is 10.2. The Balaban J connectivity index is 1.94. The van der Waals surface area contributed by atoms with Gasteiger partial charge in [0.2, 0.25) is 0 Å². The van der Waals surface area contributed by atoms with E-state index in [-0.39, 0.29) is 6.10 Å². The topological polar surface area (TPSA) is 60.6 Å². The van der Waals surface area contributed by atoms with Crippen LogP contribution in [-0.4, -0.2) is 44.0 Å². The number of pyridine rings is 1. The first kappa shape index (κ1) is 12.1. The highest BCUT2D eigenvalue weighted by atomic mass is 16.5. The third kappa shape index (κ3) is 3.31. The Morgan fingerprint density at radius 1 is 1.59 bits per heavy atom. The van der Waals surface area contributed by atoms with Crippen LogP contribution in [0.15, 0.2) is 18.3 Å². The van der Waals surface area contributed by atoms with E-state index in [9.17, 15) is 0 Å². The van der Waals surface area contributed by atoms with Crippen molar-refractivity contribution in [3.05, 3.63) is 18.3 Å². The molecule has 1 atom stereocenters. The standard InChI is InChI=1S/C12H19N3O2/c1-2-16-9-11-8-15(5-6-17-11)12-4-3-10(13)7-14-12/h3-4,7,11H,2,5-6,8-9,13H2,1H3/t11-/m0/s1. The molecular formula is C12H19N3O2. The lowest BCUT2D eigenvalue weighted by molar-refractivity contribution is -0.0209. The van der Waals surface area contributed by atoms with Gasteiger partial charge in [-0.15, -0.1) is 0 Å². The molecule has 1 saturated heterocycles. The summed E-state index contributed by atoms with van der Waals surface area (Å²) in [5, 5.41) is 0. The summed E-state index contributed by atoms with van der Waals surface area (Å²) in [6.45, 7) is 5.74. The smallest absolute Gasteiger partial charge is 0.128 e. The Labute approximate surface area is 102 Å². The lowest BCUT2D eigenvalue weighted by Crippen LogP contribution is -2.44. The molecule has 2 rings (SSSR count). The number of anilines is 2. The zero-order valence-electron chi connectivity index (χ0n) is 10.1. The van der Waals surface area contributed by atoms with Crippen molar-refractivity contribution >= 4 is 11.5 Å². The molecule has 0 aromatic carbocycles. The molecule has 1 aliphatic rings. The van der Waals surface area contributed by atoms with Gasteiger partial charge in [0.05, 0.1) is 31.2 Å². The summed E-state index contributed by atoms with van der Waals surface area (Å²) in [6, 6.07) is 3.81. The fourth-order valence-corrected chi connectivity index (χ4v) is 1.86. The monoisotopic (exact) mass is 237 g/mol. The van der Waals surface area contributed by atoms with Crippen molar-refractivity contribution in [3.8, 4) is 0 Å². The molecule has 17 heavy (non-hydrogen) atoms. The molecule has 5 nitrogen and oxygen atoms in total. The second-order valence-corrected chi connectivity index (χ2v) is 4.05. The van der Waals surface area contributed by atoms with Gasteiger partial charge in [-0.2, -0.15) is 0 Å². The van der Waals surface area contributed by atoms with Gasteiger partial charge in [-0.3, -0.25) is 0 Å². The van der Waals surface area contributed by atoms with Crippen LogP contribution in [0.2, 0.25) is 0 Å². The summed E-state index contributed by atoms with van der Waals surface area (Å²) in [5.74, 6) is 0.948. The van der Waals surface area contributed by atoms with Crippen LogP contribution in [0.4, 0.5) is 11.5 Å². The zero-order valence-corrected chi connectivity index (χ0v) is 10.1. The SMILES string of the molecule is CCOC[C@@H]1CN(c2ccc(N)cn2)CCO1. The van der Waals surface area contributed by atoms with Crippen molar-refractivity contribution in [1.82, 2.24) is 4.98 Å². The Morgan fingerprint density at radius 2 is 2.47 bits per heavy atom. The predicted octanol–water partition coefficient (Wildman–Crippen LogP) is 0.906. The van der Waals surface area contributed by atoms with E-state index in [1.807, 2.05) is 19.1 Å². The summed E-state index contributed by atoms with van der Waals surface area (Å²) in [6.07, 6.45) is 1.81. The summed E-state index contributed by atoms with van der Waals surface area (Å²) in [7, 11) is 0. The quantitative estimate of drug-likeness (QED) is 0.843. The highest BCUT2D eigenvalue weighted by Crippen LogP contribution is 2.16. The Morgan fingerprint density at radius 3 is 3.18 bits per heavy atom. The van der Waals surface area contributed by atoms with Gasteiger partial charge in [0.15, 0.2) is 0 Å². The maximum Gasteiger partial charge on any atom is 0.128 e. The molecule has 94 valence electrons. The van der Waals surface area contributed by atoms with E-state index in [2.05, 4.69) is 9.88 Å². The molecule has 0 bridgehead atoms. The fourth-order valence-electron chi connectivity index (χ4n) is 1.86. The molecule has 2 heterocycles. The normalized spacial score (nSPS) is 20.5. The maximum absolute atomic E-state index is 5.64. The Hall–Kier alpha value is -1.33. The van der Waals surface area contributed by atoms with Crippen LogP contribution in [0.25, 0.3) is 0 Å². The number of nitrogens with zero attached hydrogens (tertiary/aromatic N) is 2. The largest absolute Gasteiger partial charge is 0.397 e. The van der Waals surface area contributed by atoms with Crippen molar-refractivity contribution in [2.24, 2.45) is 0 Å². The number of ether oxygens (including phenoxy) is 2. The molecule has 0 radical (unpaired) electrons. The number of hydrogen-bond acceptors (Lipinski definition) is 5. The average Bonchev–Trinajstić information content (AvgIpc) is 2.37. The van der Waals surface area contributed by atoms with Gasteiger partial charge >= 0.3 is 0 Å². The number of nitrogens with two attached hydrogens (primary N) is 1. The van der Waals surface area contributed by atoms with Gasteiger partial charge in [-0.05, 0) is 19.1 Å². The summed E-state index contributed by atoms with van der Waals surface area (Å²) in [4.78, 5) is 6.52. The third-order valence-electron chi connectivity index (χ3n) is 2.74. The van der Waals surface area contributed by atoms with Gasteiger partial charge in [0.25, 0.3) is 0 Å². The molecule has 0 saturated carbocycles. The van der Waals surface area contributed by atoms with Crippen molar-refractivity contribution < 1.29 is 9.47 Å². The van der Waals surface area contributed by atoms with E-state index in [1.54, 1.807) is 6.20 Å². The molecule has 1 aromatic heterocycles. The summed E-state index contributed by atoms with van der Waals surface area (Å²) >= 11 is 0. The highest BCUT2D eigenvalue weighted by Gasteiger charge is 2.21. The van der Waals surface area contributed by atoms with Crippen LogP contribution in [0.3, 0.4) is 0 Å². The minimum Gasteiger partial charge on any atom is -0.397 e. The van der Waals surface area contributed by atoms with Crippen LogP contribution in [0.5, 0.6) is 0 Å². The van der Waals surface area contributed by atoms with Crippen LogP contribution in [0.1, 0.15) is 6.92 Å². The van der Waals surface area contributed by atoms with Crippen molar-refractivity contribution in [1.29, 1.82) is 0 Å². The fraction of sp³-hybridized carbons (Fsp3) is 0.583. The maximum atomic E-state index is 5.64. The first-order chi connectivity index (χ1) is 8.29. The van der Waals surface area contributed by atoms with Gasteiger partial charge in [0.1, 0.15) is 5.82 Å². The minimum atomic E-state index is 0.128. The number of morpholine rings is 1. The van der Waals surface area contributed by atoms with Gasteiger partial charge < -0.3 is 20.1 Å². The molecule has 0 spiro atoms. The van der Waals surface area contributed by atoms with Crippen molar-refractivity contribution in [2.45, 2.75) is 13.0 Å². The third-order valence-corrected chi connectivity index (χ3v) is 2.74. The van der Waals surface area contributed by atoms with E-state index < -0.39 is 0 Å². The summed E-state index contributed by atoms with van der Waals surface area (Å²) < 4.78 is 11.0. The Bertz CT molecular complexity index is 342. The first-order valence-electron chi connectivity index (χ1n) is 5.95. The van der Waals surface area contributed by atoms with Crippen LogP contribution < -0.4 is 10.6 Å². The zero-order chi connectivity index (χ0) is 12.1. The van der Waals surface area contributed by atoms with Crippen molar-refractivity contribution in [2.75, 3.05) is 43.5 Å². The van der Waals surface area contributed by atoms with E-state index >= 15 is 0 Å². The van der Waals surface area contributed by atoms with E-state index in [1.165, 1.54) is 0 Å². The van der Waals surface area contributed by atoms with Gasteiger partial charge in [-0.25, -0.2) is 4.98 Å². The van der Waals surface area contributed by atoms with Crippen LogP contribution in [-0.2, 0) is 9.47 Å². The highest BCUT2D eigenvalue weighted by molar-refractivity contribution is 5.46. The number of aromatic nitrogens is 1. The first-order valence-corrected chi connectivity index (χ1v) is 5.95. The Kier molecular flexibility index (Phi) is 4.17. The van der Waals surface area contributed by atoms with Crippen LogP contribution in [0, 0.1) is 0 Å². The van der Waals surface area contributed by atoms with E-state index in [4.69, 9.17) is 15.2 Å². The molecule has 2 N–H and O–H groups in total. The molecule has 5 heteroatoms. The molecule has 1 fully saturated rings. The minimum absolute atomic E-state index is 0.128. The number of nitrogen functional groups attached to an aromatic ring is 1. The molecule has 0 aliphatic carbocycles. The van der Waals surface area contributed by atoms with E-state index in [0.29, 0.717) is 18.9 Å². The lowest BCUT2D eigenvalue weighted by Gasteiger charge is -2.33. The average molecular weight is 237 g/mol. The number of rotatable bonds is 4. The van der Waals surface area contributed by atoms with Crippen LogP contribution >= 0.6 is 0 Å². The molecular weight excluding hydrogens is 218 g/mol. The molecule has 0 unspecified atom stereocenters. The number of hydrogen-bond donors (Lipinski definition) is 1. The van der Waals surface area contributed by atoms with Gasteiger partial charge in [0, 0.05) is 19.7 Å².